The predicted octanol–water partition coefficient (Wildman–Crippen LogP) is 2.58. The van der Waals surface area contributed by atoms with Crippen molar-refractivity contribution in [1.29, 1.82) is 0 Å². The van der Waals surface area contributed by atoms with Gasteiger partial charge in [0.2, 0.25) is 6.41 Å². The average molecular weight is 443 g/mol. The minimum atomic E-state index is -0.679. The molecular formula is C25H34N2O5. The Morgan fingerprint density at radius 1 is 1.34 bits per heavy atom. The molecule has 0 unspecified atom stereocenters. The van der Waals surface area contributed by atoms with Crippen LogP contribution in [0.3, 0.4) is 0 Å². The number of cyclic esters (lactones) is 1. The molecule has 4 aliphatic rings. The van der Waals surface area contributed by atoms with E-state index in [1.807, 2.05) is 13.0 Å². The number of rotatable bonds is 6. The van der Waals surface area contributed by atoms with Crippen LogP contribution in [0.4, 0.5) is 0 Å². The molecule has 2 aliphatic heterocycles. The highest BCUT2D eigenvalue weighted by Crippen LogP contribution is 2.58. The van der Waals surface area contributed by atoms with Crippen LogP contribution in [-0.2, 0) is 23.9 Å². The van der Waals surface area contributed by atoms with Gasteiger partial charge in [-0.2, -0.15) is 0 Å². The summed E-state index contributed by atoms with van der Waals surface area (Å²) in [5, 5.41) is 6.25. The smallest absolute Gasteiger partial charge is 0.338 e. The maximum absolute atomic E-state index is 12.8. The van der Waals surface area contributed by atoms with Crippen LogP contribution in [0.15, 0.2) is 36.0 Å². The molecule has 6 atom stereocenters. The Bertz CT molecular complexity index is 858. The molecule has 0 bridgehead atoms. The summed E-state index contributed by atoms with van der Waals surface area (Å²) in [5.74, 6) is -0.379. The molecular weight excluding hydrogens is 408 g/mol. The normalized spacial score (nSPS) is 39.4. The van der Waals surface area contributed by atoms with Crippen LogP contribution in [0, 0.1) is 17.3 Å². The minimum Gasteiger partial charge on any atom is -0.459 e. The van der Waals surface area contributed by atoms with Crippen molar-refractivity contribution in [3.8, 4) is 0 Å². The molecule has 2 saturated carbocycles. The first-order valence-electron chi connectivity index (χ1n) is 11.7. The molecule has 0 spiro atoms. The Morgan fingerprint density at radius 2 is 2.16 bits per heavy atom. The number of nitrogens with one attached hydrogen (secondary N) is 2. The van der Waals surface area contributed by atoms with Crippen molar-refractivity contribution >= 4 is 18.3 Å². The van der Waals surface area contributed by atoms with Gasteiger partial charge in [-0.25, -0.2) is 4.79 Å². The van der Waals surface area contributed by atoms with Gasteiger partial charge in [0.1, 0.15) is 18.8 Å². The first-order valence-corrected chi connectivity index (χ1v) is 11.7. The number of fused-ring (bicyclic) bond motifs is 1. The van der Waals surface area contributed by atoms with E-state index < -0.39 is 5.54 Å². The Kier molecular flexibility index (Phi) is 6.30. The summed E-state index contributed by atoms with van der Waals surface area (Å²) < 4.78 is 11.0. The van der Waals surface area contributed by atoms with E-state index in [1.165, 1.54) is 0 Å². The van der Waals surface area contributed by atoms with Crippen LogP contribution in [0.25, 0.3) is 0 Å². The van der Waals surface area contributed by atoms with E-state index >= 15 is 0 Å². The van der Waals surface area contributed by atoms with E-state index in [4.69, 9.17) is 9.47 Å². The molecule has 7 heteroatoms. The molecule has 1 amide bonds. The third-order valence-corrected chi connectivity index (χ3v) is 8.23. The molecule has 0 aromatic rings. The molecule has 2 N–H and O–H groups in total. The first-order chi connectivity index (χ1) is 15.3. The lowest BCUT2D eigenvalue weighted by molar-refractivity contribution is -0.169. The number of esters is 2. The van der Waals surface area contributed by atoms with Gasteiger partial charge in [-0.05, 0) is 69.4 Å². The van der Waals surface area contributed by atoms with Crippen molar-refractivity contribution in [2.75, 3.05) is 13.2 Å². The van der Waals surface area contributed by atoms with E-state index in [-0.39, 0.29) is 41.3 Å². The summed E-state index contributed by atoms with van der Waals surface area (Å²) in [6.07, 6.45) is 11.0. The SMILES string of the molecule is C=C1CC[C@H]2[C@@](C)(CC[C@@H](OC(=O)[C@H]3CCCN3)[C@@]2(C)NC=O)[C@@H]1/C=C/C1=CCOC1=O. The Hall–Kier alpha value is -2.41. The fourth-order valence-electron chi connectivity index (χ4n) is 6.45. The van der Waals surface area contributed by atoms with E-state index in [0.29, 0.717) is 18.6 Å². The molecule has 2 aliphatic carbocycles. The standard InChI is InChI=1S/C25H34N2O5/c1-16-6-9-20-24(2,18(16)8-7-17-11-14-31-22(17)29)12-10-21(25(20,3)27-15-28)32-23(30)19-5-4-13-26-19/h7-8,11,15,18-21,26H,1,4-6,9-10,12-14H2,2-3H3,(H,27,28)/b8-7+/t18-,19-,20+,21-,24+,25+/m1/s1. The van der Waals surface area contributed by atoms with Gasteiger partial charge in [-0.1, -0.05) is 31.2 Å². The predicted molar refractivity (Wildman–Crippen MR) is 119 cm³/mol. The Balaban J connectivity index is 1.59. The highest BCUT2D eigenvalue weighted by atomic mass is 16.5. The van der Waals surface area contributed by atoms with Crippen LogP contribution in [0.5, 0.6) is 0 Å². The second-order valence-electron chi connectivity index (χ2n) is 10.0. The van der Waals surface area contributed by atoms with Crippen molar-refractivity contribution in [1.82, 2.24) is 10.6 Å². The summed E-state index contributed by atoms with van der Waals surface area (Å²) in [6, 6.07) is -0.259. The summed E-state index contributed by atoms with van der Waals surface area (Å²) in [5.41, 5.74) is 0.838. The summed E-state index contributed by atoms with van der Waals surface area (Å²) in [6.45, 7) is 9.73. The van der Waals surface area contributed by atoms with Crippen LogP contribution < -0.4 is 10.6 Å². The van der Waals surface area contributed by atoms with Gasteiger partial charge in [-0.3, -0.25) is 9.59 Å². The summed E-state index contributed by atoms with van der Waals surface area (Å²) in [4.78, 5) is 36.3. The number of hydrogen-bond acceptors (Lipinski definition) is 6. The molecule has 4 rings (SSSR count). The largest absolute Gasteiger partial charge is 0.459 e. The topological polar surface area (TPSA) is 93.7 Å². The second-order valence-corrected chi connectivity index (χ2v) is 10.0. The van der Waals surface area contributed by atoms with Gasteiger partial charge < -0.3 is 20.1 Å². The zero-order chi connectivity index (χ0) is 22.9. The Labute approximate surface area is 189 Å². The van der Waals surface area contributed by atoms with E-state index in [0.717, 1.165) is 50.6 Å². The molecule has 0 radical (unpaired) electrons. The molecule has 174 valence electrons. The van der Waals surface area contributed by atoms with Gasteiger partial charge in [0.15, 0.2) is 0 Å². The third kappa shape index (κ3) is 3.91. The second kappa shape index (κ2) is 8.85. The first kappa shape index (κ1) is 22.8. The van der Waals surface area contributed by atoms with Crippen molar-refractivity contribution in [3.63, 3.8) is 0 Å². The number of amides is 1. The minimum absolute atomic E-state index is 0.0523. The zero-order valence-corrected chi connectivity index (χ0v) is 19.0. The van der Waals surface area contributed by atoms with Crippen molar-refractivity contribution in [3.05, 3.63) is 36.0 Å². The molecule has 0 aromatic heterocycles. The van der Waals surface area contributed by atoms with Gasteiger partial charge in [0, 0.05) is 5.92 Å². The Morgan fingerprint density at radius 3 is 2.81 bits per heavy atom. The molecule has 0 aromatic carbocycles. The van der Waals surface area contributed by atoms with E-state index in [1.54, 1.807) is 6.08 Å². The van der Waals surface area contributed by atoms with E-state index in [9.17, 15) is 14.4 Å². The van der Waals surface area contributed by atoms with Gasteiger partial charge in [0.05, 0.1) is 11.1 Å². The maximum atomic E-state index is 12.8. The summed E-state index contributed by atoms with van der Waals surface area (Å²) in [7, 11) is 0. The molecule has 32 heavy (non-hydrogen) atoms. The monoisotopic (exact) mass is 442 g/mol. The number of ether oxygens (including phenoxy) is 2. The third-order valence-electron chi connectivity index (χ3n) is 8.23. The van der Waals surface area contributed by atoms with Crippen LogP contribution in [0.1, 0.15) is 52.4 Å². The summed E-state index contributed by atoms with van der Waals surface area (Å²) >= 11 is 0. The van der Waals surface area contributed by atoms with Crippen LogP contribution >= 0.6 is 0 Å². The highest BCUT2D eigenvalue weighted by Gasteiger charge is 2.59. The molecule has 1 saturated heterocycles. The lowest BCUT2D eigenvalue weighted by Gasteiger charge is -2.60. The van der Waals surface area contributed by atoms with E-state index in [2.05, 4.69) is 30.2 Å². The van der Waals surface area contributed by atoms with Crippen LogP contribution in [-0.4, -0.2) is 49.2 Å². The number of allylic oxidation sites excluding steroid dienone is 2. The molecule has 2 heterocycles. The lowest BCUT2D eigenvalue weighted by atomic mass is 9.48. The van der Waals surface area contributed by atoms with Crippen molar-refractivity contribution in [2.24, 2.45) is 17.3 Å². The lowest BCUT2D eigenvalue weighted by Crippen LogP contribution is -2.67. The average Bonchev–Trinajstić information content (AvgIpc) is 3.42. The fourth-order valence-corrected chi connectivity index (χ4v) is 6.45. The van der Waals surface area contributed by atoms with Crippen molar-refractivity contribution < 1.29 is 23.9 Å². The quantitative estimate of drug-likeness (QED) is 0.373. The van der Waals surface area contributed by atoms with Crippen molar-refractivity contribution in [2.45, 2.75) is 70.1 Å². The van der Waals surface area contributed by atoms with Gasteiger partial charge >= 0.3 is 11.9 Å². The molecule has 7 nitrogen and oxygen atoms in total. The molecule has 3 fully saturated rings. The fraction of sp³-hybridized carbons (Fsp3) is 0.640. The zero-order valence-electron chi connectivity index (χ0n) is 19.0. The van der Waals surface area contributed by atoms with Gasteiger partial charge in [0.25, 0.3) is 0 Å². The van der Waals surface area contributed by atoms with Gasteiger partial charge in [-0.15, -0.1) is 0 Å². The van der Waals surface area contributed by atoms with Crippen LogP contribution in [0.2, 0.25) is 0 Å². The maximum Gasteiger partial charge on any atom is 0.338 e. The number of carbonyl (C=O) groups is 3. The number of hydrogen-bond donors (Lipinski definition) is 2. The highest BCUT2D eigenvalue weighted by molar-refractivity contribution is 5.93. The number of carbonyl (C=O) groups excluding carboxylic acids is 3.